The Morgan fingerprint density at radius 2 is 1.90 bits per heavy atom. The average molecular weight is 296 g/mol. The first-order chi connectivity index (χ1) is 9.99. The van der Waals surface area contributed by atoms with E-state index in [0.29, 0.717) is 18.7 Å². The molecule has 2 amide bonds. The maximum Gasteiger partial charge on any atom is 0.326 e. The van der Waals surface area contributed by atoms with E-state index in [-0.39, 0.29) is 5.82 Å². The lowest BCUT2D eigenvalue weighted by molar-refractivity contribution is -0.139. The molecule has 1 rings (SSSR count). The largest absolute Gasteiger partial charge is 0.480 e. The van der Waals surface area contributed by atoms with Gasteiger partial charge in [-0.25, -0.2) is 14.0 Å². The van der Waals surface area contributed by atoms with Crippen LogP contribution < -0.4 is 10.2 Å². The van der Waals surface area contributed by atoms with E-state index in [9.17, 15) is 14.0 Å². The summed E-state index contributed by atoms with van der Waals surface area (Å²) in [5.74, 6) is -1.44. The number of benzene rings is 1. The van der Waals surface area contributed by atoms with Gasteiger partial charge >= 0.3 is 12.0 Å². The standard InChI is InChI=1S/C15H21FN2O3/c1-3-5-6-13(14(19)20)17-15(21)18(4-2)12-9-7-11(16)8-10-12/h7-10,13H,3-6H2,1-2H3,(H,17,21)(H,19,20). The maximum absolute atomic E-state index is 12.9. The summed E-state index contributed by atoms with van der Waals surface area (Å²) in [6.45, 7) is 4.08. The summed E-state index contributed by atoms with van der Waals surface area (Å²) in [7, 11) is 0. The number of nitrogens with zero attached hydrogens (tertiary/aromatic N) is 1. The highest BCUT2D eigenvalue weighted by molar-refractivity contribution is 5.94. The van der Waals surface area contributed by atoms with Crippen molar-refractivity contribution in [3.05, 3.63) is 30.1 Å². The Labute approximate surface area is 123 Å². The Morgan fingerprint density at radius 3 is 2.38 bits per heavy atom. The highest BCUT2D eigenvalue weighted by atomic mass is 19.1. The average Bonchev–Trinajstić information content (AvgIpc) is 2.46. The quantitative estimate of drug-likeness (QED) is 0.812. The van der Waals surface area contributed by atoms with Gasteiger partial charge in [0, 0.05) is 12.2 Å². The number of anilines is 1. The zero-order chi connectivity index (χ0) is 15.8. The van der Waals surface area contributed by atoms with Crippen LogP contribution in [0.15, 0.2) is 24.3 Å². The molecule has 0 fully saturated rings. The summed E-state index contributed by atoms with van der Waals surface area (Å²) in [6, 6.07) is 4.09. The van der Waals surface area contributed by atoms with E-state index in [4.69, 9.17) is 5.11 Å². The van der Waals surface area contributed by atoms with E-state index in [0.717, 1.165) is 12.8 Å². The smallest absolute Gasteiger partial charge is 0.326 e. The Kier molecular flexibility index (Phi) is 6.65. The van der Waals surface area contributed by atoms with Crippen LogP contribution in [0.3, 0.4) is 0 Å². The van der Waals surface area contributed by atoms with Gasteiger partial charge in [0.1, 0.15) is 11.9 Å². The van der Waals surface area contributed by atoms with Crippen molar-refractivity contribution in [2.75, 3.05) is 11.4 Å². The molecule has 0 bridgehead atoms. The van der Waals surface area contributed by atoms with Crippen LogP contribution in [-0.2, 0) is 4.79 Å². The van der Waals surface area contributed by atoms with Gasteiger partial charge in [-0.05, 0) is 37.6 Å². The molecule has 6 heteroatoms. The molecule has 0 heterocycles. The van der Waals surface area contributed by atoms with Gasteiger partial charge in [-0.3, -0.25) is 4.90 Å². The fourth-order valence-corrected chi connectivity index (χ4v) is 1.96. The second kappa shape index (κ2) is 8.24. The van der Waals surface area contributed by atoms with E-state index in [1.807, 2.05) is 6.92 Å². The van der Waals surface area contributed by atoms with Crippen LogP contribution in [0.4, 0.5) is 14.9 Å². The third-order valence-electron chi connectivity index (χ3n) is 3.14. The zero-order valence-electron chi connectivity index (χ0n) is 12.3. The minimum absolute atomic E-state index is 0.359. The SMILES string of the molecule is CCCCC(NC(=O)N(CC)c1ccc(F)cc1)C(=O)O. The normalized spacial score (nSPS) is 11.8. The number of carbonyl (C=O) groups is 2. The molecule has 1 atom stereocenters. The van der Waals surface area contributed by atoms with E-state index >= 15 is 0 Å². The van der Waals surface area contributed by atoms with Crippen LogP contribution in [0.5, 0.6) is 0 Å². The Hall–Kier alpha value is -2.11. The number of halogens is 1. The summed E-state index contributed by atoms with van der Waals surface area (Å²) >= 11 is 0. The number of amides is 2. The Morgan fingerprint density at radius 1 is 1.29 bits per heavy atom. The number of aliphatic carboxylic acids is 1. The predicted molar refractivity (Wildman–Crippen MR) is 78.9 cm³/mol. The van der Waals surface area contributed by atoms with Crippen molar-refractivity contribution in [3.8, 4) is 0 Å². The lowest BCUT2D eigenvalue weighted by Crippen LogP contribution is -2.48. The number of rotatable bonds is 7. The highest BCUT2D eigenvalue weighted by Crippen LogP contribution is 2.15. The van der Waals surface area contributed by atoms with Crippen LogP contribution in [0, 0.1) is 5.82 Å². The lowest BCUT2D eigenvalue weighted by atomic mass is 10.1. The first-order valence-corrected chi connectivity index (χ1v) is 7.06. The predicted octanol–water partition coefficient (Wildman–Crippen LogP) is 3.01. The molecule has 0 saturated carbocycles. The van der Waals surface area contributed by atoms with Crippen LogP contribution in [0.2, 0.25) is 0 Å². The molecule has 0 aliphatic rings. The molecule has 0 aliphatic heterocycles. The van der Waals surface area contributed by atoms with Gasteiger partial charge in [-0.2, -0.15) is 0 Å². The van der Waals surface area contributed by atoms with Crippen LogP contribution in [-0.4, -0.2) is 29.7 Å². The van der Waals surface area contributed by atoms with Crippen LogP contribution in [0.25, 0.3) is 0 Å². The van der Waals surface area contributed by atoms with Crippen molar-refractivity contribution in [1.29, 1.82) is 0 Å². The van der Waals surface area contributed by atoms with Crippen LogP contribution >= 0.6 is 0 Å². The van der Waals surface area contributed by atoms with E-state index < -0.39 is 18.0 Å². The number of urea groups is 1. The molecule has 2 N–H and O–H groups in total. The number of hydrogen-bond acceptors (Lipinski definition) is 2. The summed E-state index contributed by atoms with van der Waals surface area (Å²) in [5, 5.41) is 11.6. The lowest BCUT2D eigenvalue weighted by Gasteiger charge is -2.24. The van der Waals surface area contributed by atoms with E-state index in [2.05, 4.69) is 5.32 Å². The molecule has 116 valence electrons. The summed E-state index contributed by atoms with van der Waals surface area (Å²) in [5.41, 5.74) is 0.524. The summed E-state index contributed by atoms with van der Waals surface area (Å²) in [6.07, 6.45) is 1.97. The first kappa shape index (κ1) is 16.9. The van der Waals surface area contributed by atoms with E-state index in [1.165, 1.54) is 29.2 Å². The number of hydrogen-bond donors (Lipinski definition) is 2. The van der Waals surface area contributed by atoms with Crippen molar-refractivity contribution < 1.29 is 19.1 Å². The molecule has 5 nitrogen and oxygen atoms in total. The van der Waals surface area contributed by atoms with E-state index in [1.54, 1.807) is 6.92 Å². The second-order valence-electron chi connectivity index (χ2n) is 4.70. The molecule has 1 aromatic rings. The molecule has 0 aromatic heterocycles. The van der Waals surface area contributed by atoms with Crippen molar-refractivity contribution in [2.45, 2.75) is 39.2 Å². The monoisotopic (exact) mass is 296 g/mol. The summed E-state index contributed by atoms with van der Waals surface area (Å²) in [4.78, 5) is 24.7. The minimum Gasteiger partial charge on any atom is -0.480 e. The first-order valence-electron chi connectivity index (χ1n) is 7.06. The zero-order valence-corrected chi connectivity index (χ0v) is 12.3. The fraction of sp³-hybridized carbons (Fsp3) is 0.467. The number of carbonyl (C=O) groups excluding carboxylic acids is 1. The van der Waals surface area contributed by atoms with Gasteiger partial charge in [-0.1, -0.05) is 19.8 Å². The van der Waals surface area contributed by atoms with Crippen molar-refractivity contribution in [2.24, 2.45) is 0 Å². The Bertz CT molecular complexity index is 476. The van der Waals surface area contributed by atoms with Gasteiger partial charge in [0.2, 0.25) is 0 Å². The van der Waals surface area contributed by atoms with Crippen molar-refractivity contribution in [1.82, 2.24) is 5.32 Å². The Balaban J connectivity index is 2.77. The van der Waals surface area contributed by atoms with Crippen molar-refractivity contribution in [3.63, 3.8) is 0 Å². The van der Waals surface area contributed by atoms with Crippen molar-refractivity contribution >= 4 is 17.7 Å². The molecule has 0 aliphatic carbocycles. The van der Waals surface area contributed by atoms with Gasteiger partial charge in [0.05, 0.1) is 0 Å². The second-order valence-corrected chi connectivity index (χ2v) is 4.70. The fourth-order valence-electron chi connectivity index (χ4n) is 1.96. The number of unbranched alkanes of at least 4 members (excludes halogenated alkanes) is 1. The third-order valence-corrected chi connectivity index (χ3v) is 3.14. The van der Waals surface area contributed by atoms with Gasteiger partial charge < -0.3 is 10.4 Å². The molecular weight excluding hydrogens is 275 g/mol. The number of carboxylic acids is 1. The van der Waals surface area contributed by atoms with Gasteiger partial charge in [0.25, 0.3) is 0 Å². The molecular formula is C15H21FN2O3. The van der Waals surface area contributed by atoms with Gasteiger partial charge in [-0.15, -0.1) is 0 Å². The molecule has 21 heavy (non-hydrogen) atoms. The molecule has 0 spiro atoms. The molecule has 0 saturated heterocycles. The molecule has 1 aromatic carbocycles. The molecule has 0 radical (unpaired) electrons. The van der Waals surface area contributed by atoms with Gasteiger partial charge in [0.15, 0.2) is 0 Å². The van der Waals surface area contributed by atoms with Crippen LogP contribution in [0.1, 0.15) is 33.1 Å². The molecule has 1 unspecified atom stereocenters. The number of carboxylic acid groups (broad SMARTS) is 1. The number of nitrogens with one attached hydrogen (secondary N) is 1. The topological polar surface area (TPSA) is 69.6 Å². The summed E-state index contributed by atoms with van der Waals surface area (Å²) < 4.78 is 12.9. The highest BCUT2D eigenvalue weighted by Gasteiger charge is 2.22. The minimum atomic E-state index is -1.05. The third kappa shape index (κ3) is 5.06. The maximum atomic E-state index is 12.9.